The maximum atomic E-state index is 11.3. The Morgan fingerprint density at radius 3 is 2.62 bits per heavy atom. The predicted octanol–water partition coefficient (Wildman–Crippen LogP) is -0.0380. The largest absolute Gasteiger partial charge is 0.508 e. The molecule has 1 aromatic rings. The molecule has 88 valence electrons. The van der Waals surface area contributed by atoms with Gasteiger partial charge in [-0.15, -0.1) is 0 Å². The molecule has 1 heterocycles. The van der Waals surface area contributed by atoms with Crippen LogP contribution in [0.15, 0.2) is 24.3 Å². The summed E-state index contributed by atoms with van der Waals surface area (Å²) in [5.74, 6) is -0.187. The lowest BCUT2D eigenvalue weighted by Gasteiger charge is -2.16. The fourth-order valence-electron chi connectivity index (χ4n) is 1.78. The van der Waals surface area contributed by atoms with Crippen molar-refractivity contribution in [1.29, 1.82) is 0 Å². The summed E-state index contributed by atoms with van der Waals surface area (Å²) in [6.45, 7) is 0. The minimum Gasteiger partial charge on any atom is -0.508 e. The highest BCUT2D eigenvalue weighted by atomic mass is 32.2. The Morgan fingerprint density at radius 2 is 2.06 bits per heavy atom. The van der Waals surface area contributed by atoms with Crippen LogP contribution in [0.1, 0.15) is 0 Å². The Bertz CT molecular complexity index is 485. The third-order valence-electron chi connectivity index (χ3n) is 2.52. The first-order valence-electron chi connectivity index (χ1n) is 4.90. The van der Waals surface area contributed by atoms with Crippen molar-refractivity contribution in [3.8, 4) is 5.75 Å². The van der Waals surface area contributed by atoms with Gasteiger partial charge in [-0.05, 0) is 12.1 Å². The molecule has 0 aliphatic carbocycles. The van der Waals surface area contributed by atoms with E-state index in [1.54, 1.807) is 12.1 Å². The van der Waals surface area contributed by atoms with Crippen molar-refractivity contribution in [1.82, 2.24) is 0 Å². The summed E-state index contributed by atoms with van der Waals surface area (Å²) in [6.07, 6.45) is -0.896. The van der Waals surface area contributed by atoms with Gasteiger partial charge < -0.3 is 15.5 Å². The van der Waals surface area contributed by atoms with Crippen molar-refractivity contribution >= 4 is 15.5 Å². The quantitative estimate of drug-likeness (QED) is 0.678. The molecule has 0 radical (unpaired) electrons. The van der Waals surface area contributed by atoms with Gasteiger partial charge in [-0.2, -0.15) is 0 Å². The number of aliphatic hydroxyl groups excluding tert-OH is 1. The summed E-state index contributed by atoms with van der Waals surface area (Å²) in [4.78, 5) is 0. The number of aliphatic hydroxyl groups is 1. The van der Waals surface area contributed by atoms with E-state index in [1.807, 2.05) is 0 Å². The number of phenols is 1. The number of phenolic OH excluding ortho intramolecular Hbond substituents is 1. The average molecular weight is 243 g/mol. The number of hydrogen-bond acceptors (Lipinski definition) is 5. The molecule has 3 N–H and O–H groups in total. The second kappa shape index (κ2) is 3.95. The summed E-state index contributed by atoms with van der Waals surface area (Å²) < 4.78 is 22.5. The highest BCUT2D eigenvalue weighted by molar-refractivity contribution is 7.91. The maximum Gasteiger partial charge on any atom is 0.155 e. The molecule has 0 aromatic heterocycles. The fraction of sp³-hybridized carbons (Fsp3) is 0.400. The summed E-state index contributed by atoms with van der Waals surface area (Å²) >= 11 is 0. The fourth-order valence-corrected chi connectivity index (χ4v) is 3.52. The molecule has 1 aromatic carbocycles. The van der Waals surface area contributed by atoms with Crippen LogP contribution in [0.3, 0.4) is 0 Å². The zero-order valence-corrected chi connectivity index (χ0v) is 9.31. The van der Waals surface area contributed by atoms with E-state index in [0.717, 1.165) is 0 Å². The van der Waals surface area contributed by atoms with E-state index in [-0.39, 0.29) is 17.3 Å². The third kappa shape index (κ3) is 2.45. The SMILES string of the molecule is O=S1(=O)C[C@H](Nc2cccc(O)c2)[C@@H](O)C1. The molecule has 0 saturated carbocycles. The number of nitrogens with one attached hydrogen (secondary N) is 1. The van der Waals surface area contributed by atoms with Crippen molar-refractivity contribution in [2.45, 2.75) is 12.1 Å². The normalized spacial score (nSPS) is 27.8. The molecule has 1 fully saturated rings. The molecule has 0 amide bonds. The molecule has 1 aliphatic rings. The summed E-state index contributed by atoms with van der Waals surface area (Å²) in [5.41, 5.74) is 0.598. The Morgan fingerprint density at radius 1 is 1.31 bits per heavy atom. The van der Waals surface area contributed by atoms with E-state index in [9.17, 15) is 18.6 Å². The van der Waals surface area contributed by atoms with Gasteiger partial charge in [0, 0.05) is 11.8 Å². The summed E-state index contributed by atoms with van der Waals surface area (Å²) in [5, 5.41) is 21.7. The number of hydrogen-bond donors (Lipinski definition) is 3. The Labute approximate surface area is 93.6 Å². The van der Waals surface area contributed by atoms with Crippen LogP contribution in [0, 0.1) is 0 Å². The van der Waals surface area contributed by atoms with E-state index < -0.39 is 22.0 Å². The van der Waals surface area contributed by atoms with Crippen molar-refractivity contribution in [3.05, 3.63) is 24.3 Å². The molecule has 0 spiro atoms. The maximum absolute atomic E-state index is 11.3. The van der Waals surface area contributed by atoms with Crippen molar-refractivity contribution in [2.24, 2.45) is 0 Å². The van der Waals surface area contributed by atoms with E-state index >= 15 is 0 Å². The van der Waals surface area contributed by atoms with Gasteiger partial charge in [0.2, 0.25) is 0 Å². The Balaban J connectivity index is 2.11. The predicted molar refractivity (Wildman–Crippen MR) is 60.2 cm³/mol. The van der Waals surface area contributed by atoms with Gasteiger partial charge >= 0.3 is 0 Å². The molecular formula is C10H13NO4S. The van der Waals surface area contributed by atoms with Crippen LogP contribution in [-0.4, -0.2) is 42.3 Å². The topological polar surface area (TPSA) is 86.6 Å². The zero-order chi connectivity index (χ0) is 11.8. The second-order valence-electron chi connectivity index (χ2n) is 3.95. The van der Waals surface area contributed by atoms with Crippen LogP contribution < -0.4 is 5.32 Å². The van der Waals surface area contributed by atoms with Gasteiger partial charge in [-0.25, -0.2) is 8.42 Å². The van der Waals surface area contributed by atoms with Crippen molar-refractivity contribution in [3.63, 3.8) is 0 Å². The smallest absolute Gasteiger partial charge is 0.155 e. The number of aromatic hydroxyl groups is 1. The first-order valence-corrected chi connectivity index (χ1v) is 6.72. The molecule has 5 nitrogen and oxygen atoms in total. The number of anilines is 1. The van der Waals surface area contributed by atoms with E-state index in [4.69, 9.17) is 0 Å². The van der Waals surface area contributed by atoms with Crippen LogP contribution >= 0.6 is 0 Å². The third-order valence-corrected chi connectivity index (χ3v) is 4.24. The van der Waals surface area contributed by atoms with Crippen LogP contribution in [0.5, 0.6) is 5.75 Å². The van der Waals surface area contributed by atoms with Crippen molar-refractivity contribution < 1.29 is 18.6 Å². The van der Waals surface area contributed by atoms with Crippen LogP contribution in [0.2, 0.25) is 0 Å². The molecule has 2 atom stereocenters. The second-order valence-corrected chi connectivity index (χ2v) is 6.10. The molecule has 1 saturated heterocycles. The van der Waals surface area contributed by atoms with Gasteiger partial charge in [-0.3, -0.25) is 0 Å². The average Bonchev–Trinajstić information content (AvgIpc) is 2.39. The first kappa shape index (κ1) is 11.2. The van der Waals surface area contributed by atoms with E-state index in [1.165, 1.54) is 12.1 Å². The number of rotatable bonds is 2. The van der Waals surface area contributed by atoms with Crippen LogP contribution in [0.4, 0.5) is 5.69 Å². The van der Waals surface area contributed by atoms with Crippen molar-refractivity contribution in [2.75, 3.05) is 16.8 Å². The Hall–Kier alpha value is -1.27. The molecule has 2 rings (SSSR count). The lowest BCUT2D eigenvalue weighted by Crippen LogP contribution is -2.31. The van der Waals surface area contributed by atoms with Crippen LogP contribution in [-0.2, 0) is 9.84 Å². The monoisotopic (exact) mass is 243 g/mol. The van der Waals surface area contributed by atoms with E-state index in [0.29, 0.717) is 5.69 Å². The summed E-state index contributed by atoms with van der Waals surface area (Å²) in [7, 11) is -3.15. The molecule has 1 aliphatic heterocycles. The lowest BCUT2D eigenvalue weighted by atomic mass is 10.2. The van der Waals surface area contributed by atoms with Gasteiger partial charge in [0.25, 0.3) is 0 Å². The molecule has 16 heavy (non-hydrogen) atoms. The minimum absolute atomic E-state index is 0.0795. The van der Waals surface area contributed by atoms with Gasteiger partial charge in [0.1, 0.15) is 5.75 Å². The standard InChI is InChI=1S/C10H13NO4S/c12-8-3-1-2-7(4-8)11-9-5-16(14,15)6-10(9)13/h1-4,9-13H,5-6H2/t9-,10-/m0/s1. The van der Waals surface area contributed by atoms with Gasteiger partial charge in [0.05, 0.1) is 23.7 Å². The molecule has 6 heteroatoms. The first-order chi connectivity index (χ1) is 7.46. The molecule has 0 bridgehead atoms. The number of benzene rings is 1. The highest BCUT2D eigenvalue weighted by Gasteiger charge is 2.36. The highest BCUT2D eigenvalue weighted by Crippen LogP contribution is 2.20. The minimum atomic E-state index is -3.15. The lowest BCUT2D eigenvalue weighted by molar-refractivity contribution is 0.190. The van der Waals surface area contributed by atoms with Gasteiger partial charge in [0.15, 0.2) is 9.84 Å². The summed E-state index contributed by atoms with van der Waals surface area (Å²) in [6, 6.07) is 5.85. The molecule has 0 unspecified atom stereocenters. The molecular weight excluding hydrogens is 230 g/mol. The van der Waals surface area contributed by atoms with Gasteiger partial charge in [-0.1, -0.05) is 6.07 Å². The zero-order valence-electron chi connectivity index (χ0n) is 8.50. The number of sulfone groups is 1. The van der Waals surface area contributed by atoms with Crippen LogP contribution in [0.25, 0.3) is 0 Å². The van der Waals surface area contributed by atoms with E-state index in [2.05, 4.69) is 5.32 Å². The Kier molecular flexibility index (Phi) is 2.77.